The van der Waals surface area contributed by atoms with Gasteiger partial charge in [0.2, 0.25) is 0 Å². The predicted octanol–water partition coefficient (Wildman–Crippen LogP) is 4.03. The fraction of sp³-hybridized carbons (Fsp3) is 0.857. The van der Waals surface area contributed by atoms with Gasteiger partial charge in [-0.3, -0.25) is 4.79 Å². The number of nitrogens with zero attached hydrogens (tertiary/aromatic N) is 1. The maximum Gasteiger partial charge on any atom is 0.311 e. The van der Waals surface area contributed by atoms with Crippen LogP contribution in [0.3, 0.4) is 0 Å². The molecule has 2 heterocycles. The molecule has 3 heteroatoms. The molecule has 2 aliphatic heterocycles. The van der Waals surface area contributed by atoms with Crippen molar-refractivity contribution in [1.29, 1.82) is 0 Å². The first-order valence-electron chi connectivity index (χ1n) is 10.1. The minimum absolute atomic E-state index is 0.0616. The summed E-state index contributed by atoms with van der Waals surface area (Å²) in [5.41, 5.74) is 1.90. The molecule has 4 rings (SSSR count). The van der Waals surface area contributed by atoms with Crippen LogP contribution in [-0.2, 0) is 9.53 Å². The predicted molar refractivity (Wildman–Crippen MR) is 95.5 cm³/mol. The average molecular weight is 332 g/mol. The molecule has 4 aliphatic rings. The van der Waals surface area contributed by atoms with Gasteiger partial charge < -0.3 is 9.64 Å². The SMILES string of the molecule is C[C@H]1CCCN(C[C@H]2C(=O)O[C@@H]3C[C@@]4(C)CCC[C@H](C)C4=C[C@@H]32)C1. The minimum Gasteiger partial charge on any atom is -0.461 e. The van der Waals surface area contributed by atoms with Crippen LogP contribution < -0.4 is 0 Å². The van der Waals surface area contributed by atoms with Crippen molar-refractivity contribution in [2.24, 2.45) is 29.1 Å². The molecule has 0 aromatic carbocycles. The Hall–Kier alpha value is -0.830. The maximum absolute atomic E-state index is 12.6. The molecule has 0 aromatic heterocycles. The second kappa shape index (κ2) is 6.16. The molecule has 3 fully saturated rings. The fourth-order valence-electron chi connectivity index (χ4n) is 5.99. The number of carbonyl (C=O) groups is 1. The average Bonchev–Trinajstić information content (AvgIpc) is 2.80. The molecular weight excluding hydrogens is 298 g/mol. The van der Waals surface area contributed by atoms with Gasteiger partial charge in [0.1, 0.15) is 6.10 Å². The molecule has 0 amide bonds. The van der Waals surface area contributed by atoms with Crippen molar-refractivity contribution in [2.75, 3.05) is 19.6 Å². The molecule has 134 valence electrons. The third-order valence-electron chi connectivity index (χ3n) is 7.28. The van der Waals surface area contributed by atoms with E-state index in [2.05, 4.69) is 31.7 Å². The highest BCUT2D eigenvalue weighted by Crippen LogP contribution is 2.54. The second-order valence-electron chi connectivity index (χ2n) is 9.35. The lowest BCUT2D eigenvalue weighted by molar-refractivity contribution is -0.145. The van der Waals surface area contributed by atoms with Crippen molar-refractivity contribution >= 4 is 5.97 Å². The summed E-state index contributed by atoms with van der Waals surface area (Å²) in [5.74, 6) is 1.88. The van der Waals surface area contributed by atoms with Crippen LogP contribution in [0.25, 0.3) is 0 Å². The second-order valence-corrected chi connectivity index (χ2v) is 9.35. The lowest BCUT2D eigenvalue weighted by atomic mass is 9.59. The van der Waals surface area contributed by atoms with E-state index in [0.29, 0.717) is 11.8 Å². The van der Waals surface area contributed by atoms with E-state index in [4.69, 9.17) is 4.74 Å². The first-order valence-corrected chi connectivity index (χ1v) is 10.1. The molecule has 24 heavy (non-hydrogen) atoms. The number of hydrogen-bond acceptors (Lipinski definition) is 3. The van der Waals surface area contributed by atoms with E-state index in [9.17, 15) is 4.79 Å². The quantitative estimate of drug-likeness (QED) is 0.565. The zero-order valence-electron chi connectivity index (χ0n) is 15.6. The van der Waals surface area contributed by atoms with Gasteiger partial charge in [-0.1, -0.05) is 38.8 Å². The summed E-state index contributed by atoms with van der Waals surface area (Å²) in [4.78, 5) is 15.1. The Labute approximate surface area is 146 Å². The summed E-state index contributed by atoms with van der Waals surface area (Å²) in [6.45, 7) is 10.3. The van der Waals surface area contributed by atoms with Crippen LogP contribution in [0.1, 0.15) is 59.3 Å². The third kappa shape index (κ3) is 2.83. The number of piperidine rings is 1. The Kier molecular flexibility index (Phi) is 4.27. The highest BCUT2D eigenvalue weighted by molar-refractivity contribution is 5.76. The van der Waals surface area contributed by atoms with Gasteiger partial charge in [-0.05, 0) is 55.9 Å². The summed E-state index contributed by atoms with van der Waals surface area (Å²) in [5, 5.41) is 0. The summed E-state index contributed by atoms with van der Waals surface area (Å²) >= 11 is 0. The lowest BCUT2D eigenvalue weighted by Gasteiger charge is -2.46. The van der Waals surface area contributed by atoms with Crippen molar-refractivity contribution in [3.63, 3.8) is 0 Å². The van der Waals surface area contributed by atoms with Crippen molar-refractivity contribution in [2.45, 2.75) is 65.4 Å². The first-order chi connectivity index (χ1) is 11.5. The number of esters is 1. The number of hydrogen-bond donors (Lipinski definition) is 0. The van der Waals surface area contributed by atoms with E-state index in [-0.39, 0.29) is 23.4 Å². The smallest absolute Gasteiger partial charge is 0.311 e. The standard InChI is InChI=1S/C21H33NO2/c1-14-6-5-9-22(12-14)13-17-16-10-18-15(2)7-4-8-21(18,3)11-19(16)24-20(17)23/h10,14-17,19H,4-9,11-13H2,1-3H3/t14-,15-,16+,17+,19+,21+/m0/s1. The molecule has 0 aromatic rings. The van der Waals surface area contributed by atoms with E-state index in [1.807, 2.05) is 0 Å². The van der Waals surface area contributed by atoms with E-state index in [1.165, 1.54) is 32.1 Å². The van der Waals surface area contributed by atoms with Crippen LogP contribution in [0.5, 0.6) is 0 Å². The van der Waals surface area contributed by atoms with Crippen LogP contribution in [0.4, 0.5) is 0 Å². The minimum atomic E-state index is 0.0616. The van der Waals surface area contributed by atoms with Crippen LogP contribution in [-0.4, -0.2) is 36.6 Å². The molecule has 2 aliphatic carbocycles. The van der Waals surface area contributed by atoms with E-state index >= 15 is 0 Å². The lowest BCUT2D eigenvalue weighted by Crippen LogP contribution is -2.42. The van der Waals surface area contributed by atoms with Gasteiger partial charge in [-0.2, -0.15) is 0 Å². The van der Waals surface area contributed by atoms with Crippen molar-refractivity contribution < 1.29 is 9.53 Å². The molecule has 0 radical (unpaired) electrons. The topological polar surface area (TPSA) is 29.5 Å². The molecule has 2 saturated heterocycles. The highest BCUT2D eigenvalue weighted by atomic mass is 16.6. The molecule has 3 nitrogen and oxygen atoms in total. The van der Waals surface area contributed by atoms with Crippen molar-refractivity contribution in [3.05, 3.63) is 11.6 Å². The van der Waals surface area contributed by atoms with Gasteiger partial charge in [-0.25, -0.2) is 0 Å². The Morgan fingerprint density at radius 2 is 2.12 bits per heavy atom. The zero-order chi connectivity index (χ0) is 16.9. The molecule has 0 spiro atoms. The molecule has 0 unspecified atom stereocenters. The highest BCUT2D eigenvalue weighted by Gasteiger charge is 2.51. The number of rotatable bonds is 2. The van der Waals surface area contributed by atoms with E-state index in [0.717, 1.165) is 32.0 Å². The van der Waals surface area contributed by atoms with Crippen molar-refractivity contribution in [1.82, 2.24) is 4.90 Å². The molecule has 0 bridgehead atoms. The molecule has 1 saturated carbocycles. The number of allylic oxidation sites excluding steroid dienone is 1. The van der Waals surface area contributed by atoms with Crippen LogP contribution in [0.2, 0.25) is 0 Å². The third-order valence-corrected chi connectivity index (χ3v) is 7.28. The zero-order valence-corrected chi connectivity index (χ0v) is 15.6. The van der Waals surface area contributed by atoms with Gasteiger partial charge >= 0.3 is 5.97 Å². The fourth-order valence-corrected chi connectivity index (χ4v) is 5.99. The Morgan fingerprint density at radius 1 is 1.29 bits per heavy atom. The molecular formula is C21H33NO2. The van der Waals surface area contributed by atoms with E-state index in [1.54, 1.807) is 5.57 Å². The van der Waals surface area contributed by atoms with Crippen LogP contribution in [0.15, 0.2) is 11.6 Å². The van der Waals surface area contributed by atoms with Gasteiger partial charge in [0, 0.05) is 19.0 Å². The van der Waals surface area contributed by atoms with Crippen LogP contribution >= 0.6 is 0 Å². The van der Waals surface area contributed by atoms with Gasteiger partial charge in [0.25, 0.3) is 0 Å². The van der Waals surface area contributed by atoms with Crippen molar-refractivity contribution in [3.8, 4) is 0 Å². The Morgan fingerprint density at radius 3 is 2.92 bits per heavy atom. The maximum atomic E-state index is 12.6. The molecule has 6 atom stereocenters. The van der Waals surface area contributed by atoms with E-state index < -0.39 is 0 Å². The van der Waals surface area contributed by atoms with Gasteiger partial charge in [-0.15, -0.1) is 0 Å². The van der Waals surface area contributed by atoms with Crippen LogP contribution in [0, 0.1) is 29.1 Å². The molecule has 0 N–H and O–H groups in total. The normalized spacial score (nSPS) is 46.0. The first kappa shape index (κ1) is 16.6. The van der Waals surface area contributed by atoms with Gasteiger partial charge in [0.05, 0.1) is 5.92 Å². The van der Waals surface area contributed by atoms with Gasteiger partial charge in [0.15, 0.2) is 0 Å². The summed E-state index contributed by atoms with van der Waals surface area (Å²) < 4.78 is 5.89. The summed E-state index contributed by atoms with van der Waals surface area (Å²) in [6.07, 6.45) is 10.2. The summed E-state index contributed by atoms with van der Waals surface area (Å²) in [7, 11) is 0. The monoisotopic (exact) mass is 331 g/mol. The number of fused-ring (bicyclic) bond motifs is 2. The number of likely N-dealkylation sites (tertiary alicyclic amines) is 1. The largest absolute Gasteiger partial charge is 0.461 e. The number of carbonyl (C=O) groups excluding carboxylic acids is 1. The Balaban J connectivity index is 1.55. The summed E-state index contributed by atoms with van der Waals surface area (Å²) in [6, 6.07) is 0. The Bertz CT molecular complexity index is 542. The number of ether oxygens (including phenoxy) is 1.